The Hall–Kier alpha value is -2.56. The van der Waals surface area contributed by atoms with Gasteiger partial charge in [-0.3, -0.25) is 9.44 Å². The predicted molar refractivity (Wildman–Crippen MR) is 115 cm³/mol. The van der Waals surface area contributed by atoms with Crippen molar-refractivity contribution in [1.29, 1.82) is 0 Å². The van der Waals surface area contributed by atoms with Gasteiger partial charge < -0.3 is 4.74 Å². The molecule has 0 amide bonds. The van der Waals surface area contributed by atoms with Crippen LogP contribution in [0.2, 0.25) is 0 Å². The van der Waals surface area contributed by atoms with Crippen molar-refractivity contribution < 1.29 is 21.6 Å². The molecule has 29 heavy (non-hydrogen) atoms. The largest absolute Gasteiger partial charge is 0.497 e. The van der Waals surface area contributed by atoms with Crippen LogP contribution in [0.4, 0.5) is 11.4 Å². The second-order valence-electron chi connectivity index (χ2n) is 5.92. The number of ether oxygens (including phenoxy) is 1. The SMILES string of the molecule is COc1ccc(NS(=O)(=O)c2ccc(NS(=O)(=O)c3ccc(Br)cc3)cc2)cc1. The maximum Gasteiger partial charge on any atom is 0.261 e. The van der Waals surface area contributed by atoms with Crippen LogP contribution >= 0.6 is 15.9 Å². The van der Waals surface area contributed by atoms with E-state index >= 15 is 0 Å². The summed E-state index contributed by atoms with van der Waals surface area (Å²) in [5, 5.41) is 0. The molecule has 3 aromatic carbocycles. The van der Waals surface area contributed by atoms with Crippen LogP contribution in [0.3, 0.4) is 0 Å². The zero-order valence-corrected chi connectivity index (χ0v) is 18.4. The highest BCUT2D eigenvalue weighted by atomic mass is 79.9. The van der Waals surface area contributed by atoms with Gasteiger partial charge in [0.05, 0.1) is 16.9 Å². The highest BCUT2D eigenvalue weighted by Gasteiger charge is 2.17. The van der Waals surface area contributed by atoms with E-state index in [-0.39, 0.29) is 15.5 Å². The van der Waals surface area contributed by atoms with E-state index in [4.69, 9.17) is 4.74 Å². The molecule has 0 heterocycles. The molecule has 3 aromatic rings. The number of rotatable bonds is 7. The van der Waals surface area contributed by atoms with Gasteiger partial charge in [0.15, 0.2) is 0 Å². The standard InChI is InChI=1S/C19H17BrN2O5S2/c1-27-17-8-4-15(5-9-17)21-29(25,26)19-12-6-16(7-13-19)22-28(23,24)18-10-2-14(20)3-11-18/h2-13,21-22H,1H3. The van der Waals surface area contributed by atoms with Crippen molar-refractivity contribution in [3.05, 3.63) is 77.3 Å². The fourth-order valence-corrected chi connectivity index (χ4v) is 4.78. The van der Waals surface area contributed by atoms with E-state index in [1.165, 1.54) is 43.5 Å². The Balaban J connectivity index is 1.75. The number of hydrogen-bond donors (Lipinski definition) is 2. The van der Waals surface area contributed by atoms with Gasteiger partial charge in [-0.1, -0.05) is 15.9 Å². The summed E-state index contributed by atoms with van der Waals surface area (Å²) < 4.78 is 60.6. The number of methoxy groups -OCH3 is 1. The molecule has 7 nitrogen and oxygen atoms in total. The van der Waals surface area contributed by atoms with Crippen LogP contribution in [-0.2, 0) is 20.0 Å². The highest BCUT2D eigenvalue weighted by molar-refractivity contribution is 9.10. The second-order valence-corrected chi connectivity index (χ2v) is 10.2. The Morgan fingerprint density at radius 2 is 1.03 bits per heavy atom. The topological polar surface area (TPSA) is 102 Å². The average Bonchev–Trinajstić information content (AvgIpc) is 2.69. The van der Waals surface area contributed by atoms with Crippen LogP contribution in [0.25, 0.3) is 0 Å². The lowest BCUT2D eigenvalue weighted by atomic mass is 10.3. The lowest BCUT2D eigenvalue weighted by Gasteiger charge is -2.11. The van der Waals surface area contributed by atoms with Crippen LogP contribution in [0.15, 0.2) is 87.1 Å². The number of halogens is 1. The highest BCUT2D eigenvalue weighted by Crippen LogP contribution is 2.22. The minimum absolute atomic E-state index is 0.0000855. The molecular weight excluding hydrogens is 480 g/mol. The molecule has 152 valence electrons. The number of benzene rings is 3. The molecule has 0 saturated carbocycles. The minimum atomic E-state index is -3.82. The van der Waals surface area contributed by atoms with Crippen molar-refractivity contribution in [2.75, 3.05) is 16.6 Å². The molecule has 0 aliphatic heterocycles. The summed E-state index contributed by atoms with van der Waals surface area (Å²) >= 11 is 3.25. The fraction of sp³-hybridized carbons (Fsp3) is 0.0526. The minimum Gasteiger partial charge on any atom is -0.497 e. The quantitative estimate of drug-likeness (QED) is 0.513. The molecular formula is C19H17BrN2O5S2. The monoisotopic (exact) mass is 496 g/mol. The Morgan fingerprint density at radius 3 is 1.45 bits per heavy atom. The van der Waals surface area contributed by atoms with Gasteiger partial charge in [0.1, 0.15) is 5.75 Å². The fourth-order valence-electron chi connectivity index (χ4n) is 2.40. The Bertz CT molecular complexity index is 1190. The number of anilines is 2. The molecule has 10 heteroatoms. The smallest absolute Gasteiger partial charge is 0.261 e. The van der Waals surface area contributed by atoms with Gasteiger partial charge in [-0.05, 0) is 72.8 Å². The Kier molecular flexibility index (Phi) is 6.15. The van der Waals surface area contributed by atoms with Gasteiger partial charge in [-0.25, -0.2) is 16.8 Å². The van der Waals surface area contributed by atoms with Gasteiger partial charge in [-0.2, -0.15) is 0 Å². The molecule has 0 fully saturated rings. The maximum absolute atomic E-state index is 12.5. The van der Waals surface area contributed by atoms with Crippen LogP contribution in [0.5, 0.6) is 5.75 Å². The van der Waals surface area contributed by atoms with E-state index in [2.05, 4.69) is 25.4 Å². The van der Waals surface area contributed by atoms with Crippen LogP contribution in [0, 0.1) is 0 Å². The summed E-state index contributed by atoms with van der Waals surface area (Å²) in [4.78, 5) is 0.0958. The molecule has 0 radical (unpaired) electrons. The van der Waals surface area contributed by atoms with Gasteiger partial charge in [0.2, 0.25) is 0 Å². The van der Waals surface area contributed by atoms with E-state index < -0.39 is 20.0 Å². The molecule has 2 N–H and O–H groups in total. The molecule has 0 bridgehead atoms. The van der Waals surface area contributed by atoms with Crippen LogP contribution in [0.1, 0.15) is 0 Å². The Morgan fingerprint density at radius 1 is 0.655 bits per heavy atom. The number of hydrogen-bond acceptors (Lipinski definition) is 5. The molecule has 0 aromatic heterocycles. The van der Waals surface area contributed by atoms with Crippen molar-refractivity contribution >= 4 is 47.4 Å². The average molecular weight is 497 g/mol. The van der Waals surface area contributed by atoms with E-state index in [0.717, 1.165) is 4.47 Å². The lowest BCUT2D eigenvalue weighted by molar-refractivity contribution is 0.415. The zero-order valence-electron chi connectivity index (χ0n) is 15.2. The third-order valence-corrected chi connectivity index (χ3v) is 7.21. The van der Waals surface area contributed by atoms with Crippen LogP contribution < -0.4 is 14.2 Å². The van der Waals surface area contributed by atoms with Crippen LogP contribution in [-0.4, -0.2) is 23.9 Å². The third kappa shape index (κ3) is 5.28. The van der Waals surface area contributed by atoms with Gasteiger partial charge in [0.25, 0.3) is 20.0 Å². The third-order valence-electron chi connectivity index (χ3n) is 3.88. The zero-order chi connectivity index (χ0) is 21.1. The molecule has 3 rings (SSSR count). The van der Waals surface area contributed by atoms with E-state index in [9.17, 15) is 16.8 Å². The molecule has 0 aliphatic rings. The summed E-state index contributed by atoms with van der Waals surface area (Å²) in [5.41, 5.74) is 0.627. The summed E-state index contributed by atoms with van der Waals surface area (Å²) in [5.74, 6) is 0.607. The first-order valence-electron chi connectivity index (χ1n) is 8.25. The first kappa shape index (κ1) is 21.2. The van der Waals surface area contributed by atoms with E-state index in [1.54, 1.807) is 36.4 Å². The normalized spacial score (nSPS) is 11.7. The molecule has 0 unspecified atom stereocenters. The van der Waals surface area contributed by atoms with Crippen molar-refractivity contribution in [1.82, 2.24) is 0 Å². The summed E-state index contributed by atoms with van der Waals surface area (Å²) in [7, 11) is -6.09. The molecule has 0 saturated heterocycles. The lowest BCUT2D eigenvalue weighted by Crippen LogP contribution is -2.14. The summed E-state index contributed by atoms with van der Waals surface area (Å²) in [6, 6.07) is 18.0. The van der Waals surface area contributed by atoms with Crippen molar-refractivity contribution in [3.8, 4) is 5.75 Å². The molecule has 0 spiro atoms. The summed E-state index contributed by atoms with van der Waals surface area (Å²) in [6.07, 6.45) is 0. The predicted octanol–water partition coefficient (Wildman–Crippen LogP) is 4.06. The first-order chi connectivity index (χ1) is 13.7. The van der Waals surface area contributed by atoms with E-state index in [1.807, 2.05) is 0 Å². The van der Waals surface area contributed by atoms with Gasteiger partial charge in [-0.15, -0.1) is 0 Å². The maximum atomic E-state index is 12.5. The van der Waals surface area contributed by atoms with Gasteiger partial charge in [0, 0.05) is 15.8 Å². The van der Waals surface area contributed by atoms with Crippen molar-refractivity contribution in [3.63, 3.8) is 0 Å². The molecule has 0 atom stereocenters. The second kappa shape index (κ2) is 8.44. The Labute approximate surface area is 178 Å². The van der Waals surface area contributed by atoms with Gasteiger partial charge >= 0.3 is 0 Å². The van der Waals surface area contributed by atoms with Crippen molar-refractivity contribution in [2.45, 2.75) is 9.79 Å². The van der Waals surface area contributed by atoms with E-state index in [0.29, 0.717) is 11.4 Å². The van der Waals surface area contributed by atoms with Crippen molar-refractivity contribution in [2.24, 2.45) is 0 Å². The number of sulfonamides is 2. The molecule has 0 aliphatic carbocycles. The first-order valence-corrected chi connectivity index (χ1v) is 12.0. The summed E-state index contributed by atoms with van der Waals surface area (Å²) in [6.45, 7) is 0. The number of nitrogens with one attached hydrogen (secondary N) is 2.